The predicted molar refractivity (Wildman–Crippen MR) is 67.0 cm³/mol. The Morgan fingerprint density at radius 1 is 1.32 bits per heavy atom. The van der Waals surface area contributed by atoms with E-state index in [0.29, 0.717) is 0 Å². The molecule has 0 saturated carbocycles. The molecule has 1 aromatic carbocycles. The van der Waals surface area contributed by atoms with Crippen molar-refractivity contribution in [2.45, 2.75) is 6.92 Å². The molecule has 104 valence electrons. The van der Waals surface area contributed by atoms with Crippen LogP contribution in [-0.4, -0.2) is 27.3 Å². The summed E-state index contributed by atoms with van der Waals surface area (Å²) in [6.07, 6.45) is 0. The number of rotatable bonds is 6. The van der Waals surface area contributed by atoms with E-state index in [1.165, 1.54) is 0 Å². The van der Waals surface area contributed by atoms with Gasteiger partial charge in [0.25, 0.3) is 0 Å². The van der Waals surface area contributed by atoms with Gasteiger partial charge in [0, 0.05) is 13.1 Å². The number of hydrogen-bond acceptors (Lipinski definition) is 4. The molecule has 0 saturated heterocycles. The molecule has 0 atom stereocenters. The summed E-state index contributed by atoms with van der Waals surface area (Å²) in [4.78, 5) is 0. The first kappa shape index (κ1) is 15.3. The molecule has 1 aromatic rings. The van der Waals surface area contributed by atoms with Crippen LogP contribution in [0, 0.1) is 23.0 Å². The lowest BCUT2D eigenvalue weighted by molar-refractivity contribution is 0.580. The van der Waals surface area contributed by atoms with Crippen LogP contribution in [0.15, 0.2) is 12.1 Å². The maximum Gasteiger partial charge on any atom is 0.213 e. The number of benzene rings is 1. The Labute approximate surface area is 110 Å². The first-order chi connectivity index (χ1) is 8.89. The average Bonchev–Trinajstić information content (AvgIpc) is 2.32. The van der Waals surface area contributed by atoms with Gasteiger partial charge < -0.3 is 5.32 Å². The Morgan fingerprint density at radius 3 is 2.37 bits per heavy atom. The van der Waals surface area contributed by atoms with Crippen LogP contribution in [0.2, 0.25) is 0 Å². The number of anilines is 1. The second-order valence-electron chi connectivity index (χ2n) is 3.67. The molecule has 0 unspecified atom stereocenters. The summed E-state index contributed by atoms with van der Waals surface area (Å²) in [5.74, 6) is -2.17. The zero-order chi connectivity index (χ0) is 14.5. The van der Waals surface area contributed by atoms with E-state index in [1.54, 1.807) is 13.0 Å². The largest absolute Gasteiger partial charge is 0.379 e. The minimum atomic E-state index is -3.45. The van der Waals surface area contributed by atoms with Gasteiger partial charge >= 0.3 is 0 Å². The lowest BCUT2D eigenvalue weighted by Crippen LogP contribution is -2.29. The maximum absolute atomic E-state index is 13.4. The first-order valence-corrected chi connectivity index (χ1v) is 7.15. The van der Waals surface area contributed by atoms with Crippen molar-refractivity contribution in [2.75, 3.05) is 24.2 Å². The fourth-order valence-corrected chi connectivity index (χ4v) is 2.36. The monoisotopic (exact) mass is 289 g/mol. The third kappa shape index (κ3) is 4.46. The molecule has 0 spiro atoms. The van der Waals surface area contributed by atoms with E-state index in [-0.39, 0.29) is 24.4 Å². The summed E-state index contributed by atoms with van der Waals surface area (Å²) >= 11 is 0. The van der Waals surface area contributed by atoms with E-state index < -0.39 is 27.3 Å². The number of sulfonamides is 1. The van der Waals surface area contributed by atoms with Gasteiger partial charge in [-0.1, -0.05) is 6.92 Å². The Morgan fingerprint density at radius 2 is 1.89 bits per heavy atom. The Balaban J connectivity index is 2.72. The van der Waals surface area contributed by atoms with Gasteiger partial charge in [-0.25, -0.2) is 21.9 Å². The molecule has 0 fully saturated rings. The highest BCUT2D eigenvalue weighted by atomic mass is 32.2. The topological polar surface area (TPSA) is 82.0 Å². The highest BCUT2D eigenvalue weighted by Crippen LogP contribution is 2.20. The number of nitriles is 1. The molecule has 2 N–H and O–H groups in total. The smallest absolute Gasteiger partial charge is 0.213 e. The molecule has 0 aliphatic rings. The third-order valence-corrected chi connectivity index (χ3v) is 3.68. The molecule has 0 aliphatic heterocycles. The van der Waals surface area contributed by atoms with Gasteiger partial charge in [-0.15, -0.1) is 0 Å². The summed E-state index contributed by atoms with van der Waals surface area (Å²) in [6.45, 7) is 1.74. The maximum atomic E-state index is 13.4. The van der Waals surface area contributed by atoms with E-state index in [2.05, 4.69) is 10.0 Å². The molecule has 8 heteroatoms. The molecule has 1 rings (SSSR count). The van der Waals surface area contributed by atoms with Crippen LogP contribution in [0.25, 0.3) is 0 Å². The van der Waals surface area contributed by atoms with Crippen molar-refractivity contribution in [3.8, 4) is 6.07 Å². The standard InChI is InChI=1S/C11H13F2N3O2S/c1-2-16-19(17,18)4-3-15-11-9(12)5-8(7-14)6-10(11)13/h5-6,15-16H,2-4H2,1H3. The van der Waals surface area contributed by atoms with Gasteiger partial charge in [0.05, 0.1) is 17.4 Å². The summed E-state index contributed by atoms with van der Waals surface area (Å²) in [7, 11) is -3.45. The average molecular weight is 289 g/mol. The summed E-state index contributed by atoms with van der Waals surface area (Å²) < 4.78 is 51.8. The van der Waals surface area contributed by atoms with Crippen LogP contribution in [0.5, 0.6) is 0 Å². The SMILES string of the molecule is CCNS(=O)(=O)CCNc1c(F)cc(C#N)cc1F. The molecular formula is C11H13F2N3O2S. The lowest BCUT2D eigenvalue weighted by Gasteiger charge is -2.09. The second kappa shape index (κ2) is 6.45. The van der Waals surface area contributed by atoms with Crippen molar-refractivity contribution in [1.29, 1.82) is 5.26 Å². The number of nitrogens with one attached hydrogen (secondary N) is 2. The molecule has 5 nitrogen and oxygen atoms in total. The highest BCUT2D eigenvalue weighted by molar-refractivity contribution is 7.89. The molecular weight excluding hydrogens is 276 g/mol. The van der Waals surface area contributed by atoms with Crippen LogP contribution in [-0.2, 0) is 10.0 Å². The highest BCUT2D eigenvalue weighted by Gasteiger charge is 2.13. The van der Waals surface area contributed by atoms with Crippen LogP contribution in [0.4, 0.5) is 14.5 Å². The van der Waals surface area contributed by atoms with Gasteiger partial charge in [-0.05, 0) is 12.1 Å². The van der Waals surface area contributed by atoms with Crippen molar-refractivity contribution < 1.29 is 17.2 Å². The Bertz CT molecular complexity index is 573. The van der Waals surface area contributed by atoms with Crippen molar-refractivity contribution in [1.82, 2.24) is 4.72 Å². The lowest BCUT2D eigenvalue weighted by atomic mass is 10.2. The predicted octanol–water partition coefficient (Wildman–Crippen LogP) is 1.19. The van der Waals surface area contributed by atoms with Gasteiger partial charge in [0.1, 0.15) is 5.69 Å². The van der Waals surface area contributed by atoms with Crippen molar-refractivity contribution in [3.63, 3.8) is 0 Å². The fourth-order valence-electron chi connectivity index (χ4n) is 1.41. The normalized spacial score (nSPS) is 11.1. The van der Waals surface area contributed by atoms with Crippen LogP contribution >= 0.6 is 0 Å². The minimum Gasteiger partial charge on any atom is -0.379 e. The zero-order valence-electron chi connectivity index (χ0n) is 10.2. The van der Waals surface area contributed by atoms with E-state index >= 15 is 0 Å². The molecule has 0 heterocycles. The molecule has 0 aromatic heterocycles. The Hall–Kier alpha value is -1.72. The first-order valence-electron chi connectivity index (χ1n) is 5.50. The minimum absolute atomic E-state index is 0.138. The molecule has 0 amide bonds. The zero-order valence-corrected chi connectivity index (χ0v) is 11.0. The number of hydrogen-bond donors (Lipinski definition) is 2. The van der Waals surface area contributed by atoms with Crippen molar-refractivity contribution in [2.24, 2.45) is 0 Å². The molecule has 0 radical (unpaired) electrons. The van der Waals surface area contributed by atoms with Crippen LogP contribution in [0.1, 0.15) is 12.5 Å². The van der Waals surface area contributed by atoms with Gasteiger partial charge in [0.2, 0.25) is 10.0 Å². The van der Waals surface area contributed by atoms with Crippen molar-refractivity contribution in [3.05, 3.63) is 29.3 Å². The van der Waals surface area contributed by atoms with Crippen LogP contribution < -0.4 is 10.0 Å². The number of nitrogens with zero attached hydrogens (tertiary/aromatic N) is 1. The quantitative estimate of drug-likeness (QED) is 0.824. The third-order valence-electron chi connectivity index (χ3n) is 2.21. The van der Waals surface area contributed by atoms with E-state index in [1.807, 2.05) is 0 Å². The van der Waals surface area contributed by atoms with E-state index in [9.17, 15) is 17.2 Å². The van der Waals surface area contributed by atoms with Gasteiger partial charge in [-0.3, -0.25) is 0 Å². The number of halogens is 2. The summed E-state index contributed by atoms with van der Waals surface area (Å²) in [5.41, 5.74) is -0.577. The van der Waals surface area contributed by atoms with Gasteiger partial charge in [-0.2, -0.15) is 5.26 Å². The van der Waals surface area contributed by atoms with Crippen molar-refractivity contribution >= 4 is 15.7 Å². The molecule has 0 bridgehead atoms. The summed E-state index contributed by atoms with van der Waals surface area (Å²) in [5, 5.41) is 10.9. The fraction of sp³-hybridized carbons (Fsp3) is 0.364. The van der Waals surface area contributed by atoms with Crippen LogP contribution in [0.3, 0.4) is 0 Å². The Kier molecular flexibility index (Phi) is 5.20. The van der Waals surface area contributed by atoms with E-state index in [4.69, 9.17) is 5.26 Å². The van der Waals surface area contributed by atoms with Gasteiger partial charge in [0.15, 0.2) is 11.6 Å². The molecule has 0 aliphatic carbocycles. The summed E-state index contributed by atoms with van der Waals surface area (Å²) in [6, 6.07) is 3.38. The second-order valence-corrected chi connectivity index (χ2v) is 5.60. The molecule has 19 heavy (non-hydrogen) atoms. The van der Waals surface area contributed by atoms with E-state index in [0.717, 1.165) is 12.1 Å².